The Morgan fingerprint density at radius 1 is 1.21 bits per heavy atom. The van der Waals surface area contributed by atoms with Crippen LogP contribution in [0, 0.1) is 0 Å². The molecule has 2 N–H and O–H groups in total. The molecule has 1 aromatic rings. The highest BCUT2D eigenvalue weighted by Gasteiger charge is 2.23. The fourth-order valence-electron chi connectivity index (χ4n) is 3.22. The maximum Gasteiger partial charge on any atom is 0.408 e. The third kappa shape index (κ3) is 12.8. The molecule has 0 aliphatic rings. The van der Waals surface area contributed by atoms with E-state index in [2.05, 4.69) is 18.2 Å². The number of halogens is 2. The van der Waals surface area contributed by atoms with Crippen molar-refractivity contribution in [2.75, 3.05) is 0 Å². The number of hydrogen-bond acceptors (Lipinski definition) is 5. The minimum Gasteiger partial charge on any atom is -0.460 e. The summed E-state index contributed by atoms with van der Waals surface area (Å²) in [5, 5.41) is 0. The number of nitrogens with zero attached hydrogens (tertiary/aromatic N) is 1. The van der Waals surface area contributed by atoms with E-state index in [9.17, 15) is 13.6 Å². The van der Waals surface area contributed by atoms with E-state index < -0.39 is 11.5 Å². The van der Waals surface area contributed by atoms with E-state index in [0.717, 1.165) is 37.7 Å². The van der Waals surface area contributed by atoms with Gasteiger partial charge < -0.3 is 15.2 Å². The minimum atomic E-state index is -3.33. The van der Waals surface area contributed by atoms with Crippen LogP contribution in [0.5, 0.6) is 5.75 Å². The van der Waals surface area contributed by atoms with Crippen molar-refractivity contribution >= 4 is 26.6 Å². The van der Waals surface area contributed by atoms with Gasteiger partial charge in [0.15, 0.2) is 0 Å². The third-order valence-corrected chi connectivity index (χ3v) is 4.82. The van der Waals surface area contributed by atoms with Gasteiger partial charge in [0.05, 0.1) is 11.8 Å². The number of benzene rings is 1. The molecule has 0 fully saturated rings. The number of ether oxygens (including phenoxy) is 2. The molecule has 0 spiro atoms. The number of unbranched alkanes of at least 4 members (excludes halogenated alkanes) is 1. The Morgan fingerprint density at radius 3 is 2.32 bits per heavy atom. The molecule has 0 amide bonds. The summed E-state index contributed by atoms with van der Waals surface area (Å²) in [6.07, 6.45) is 6.48. The summed E-state index contributed by atoms with van der Waals surface area (Å²) >= 11 is 0. The molecule has 2 unspecified atom stereocenters. The number of nitrogens with two attached hydrogens (primary N) is 1. The number of esters is 1. The summed E-state index contributed by atoms with van der Waals surface area (Å²) in [5.41, 5.74) is 8.38. The molecular formula is C26H39F2N2O3P. The van der Waals surface area contributed by atoms with Crippen LogP contribution in [0.15, 0.2) is 47.5 Å². The van der Waals surface area contributed by atoms with E-state index >= 15 is 0 Å². The molecule has 1 aromatic carbocycles. The van der Waals surface area contributed by atoms with Gasteiger partial charge in [-0.25, -0.2) is 0 Å². The molecule has 8 heteroatoms. The summed E-state index contributed by atoms with van der Waals surface area (Å²) in [7, 11) is 1.34. The Balaban J connectivity index is 2.86. The van der Waals surface area contributed by atoms with E-state index in [0.29, 0.717) is 23.4 Å². The van der Waals surface area contributed by atoms with Crippen molar-refractivity contribution < 1.29 is 23.0 Å². The van der Waals surface area contributed by atoms with Gasteiger partial charge in [0.1, 0.15) is 11.4 Å². The van der Waals surface area contributed by atoms with Gasteiger partial charge in [0.2, 0.25) is 0 Å². The van der Waals surface area contributed by atoms with Gasteiger partial charge in [0.25, 0.3) is 0 Å². The average Bonchev–Trinajstić information content (AvgIpc) is 2.68. The molecule has 2 atom stereocenters. The summed E-state index contributed by atoms with van der Waals surface area (Å²) in [4.78, 5) is 16.8. The number of alkyl halides is 2. The van der Waals surface area contributed by atoms with Crippen LogP contribution < -0.4 is 10.5 Å². The SMILES string of the molecule is C=C(C)C(/C=C(\N)c1ccc(OC(F)(F)P)cc1)=NC(CCC)CCCCC(=O)OC(C)(C)C. The zero-order valence-electron chi connectivity index (χ0n) is 21.0. The number of carbonyl (C=O) groups is 1. The molecule has 190 valence electrons. The quantitative estimate of drug-likeness (QED) is 0.140. The highest BCUT2D eigenvalue weighted by molar-refractivity contribution is 7.17. The van der Waals surface area contributed by atoms with Gasteiger partial charge in [-0.05, 0) is 97.7 Å². The number of carbonyl (C=O) groups excluding carboxylic acids is 1. The molecule has 0 aliphatic carbocycles. The Labute approximate surface area is 205 Å². The van der Waals surface area contributed by atoms with E-state index in [1.807, 2.05) is 27.7 Å². The van der Waals surface area contributed by atoms with Crippen LogP contribution in [0.1, 0.15) is 78.7 Å². The van der Waals surface area contributed by atoms with Crippen molar-refractivity contribution in [1.82, 2.24) is 0 Å². The minimum absolute atomic E-state index is 0.0414. The van der Waals surface area contributed by atoms with Crippen LogP contribution in [-0.4, -0.2) is 29.2 Å². The van der Waals surface area contributed by atoms with E-state index in [4.69, 9.17) is 15.5 Å². The Hall–Kier alpha value is -2.27. The fraction of sp³-hybridized carbons (Fsp3) is 0.538. The van der Waals surface area contributed by atoms with Crippen LogP contribution in [-0.2, 0) is 9.53 Å². The van der Waals surface area contributed by atoms with E-state index in [1.165, 1.54) is 21.4 Å². The van der Waals surface area contributed by atoms with Gasteiger partial charge in [-0.15, -0.1) is 0 Å². The first-order valence-electron chi connectivity index (χ1n) is 11.6. The van der Waals surface area contributed by atoms with E-state index in [1.54, 1.807) is 18.2 Å². The van der Waals surface area contributed by atoms with Crippen molar-refractivity contribution in [3.8, 4) is 5.75 Å². The number of allylic oxidation sites excluding steroid dienone is 2. The highest BCUT2D eigenvalue weighted by Crippen LogP contribution is 2.27. The summed E-state index contributed by atoms with van der Waals surface area (Å²) in [6, 6.07) is 6.20. The van der Waals surface area contributed by atoms with Crippen LogP contribution >= 0.6 is 9.24 Å². The van der Waals surface area contributed by atoms with Crippen LogP contribution in [0.2, 0.25) is 0 Å². The first-order valence-corrected chi connectivity index (χ1v) is 12.2. The van der Waals surface area contributed by atoms with Crippen molar-refractivity contribution in [3.63, 3.8) is 0 Å². The summed E-state index contributed by atoms with van der Waals surface area (Å²) in [5.74, 6) is -3.47. The van der Waals surface area contributed by atoms with Gasteiger partial charge in [0, 0.05) is 12.1 Å². The normalized spacial score (nSPS) is 14.0. The second-order valence-electron chi connectivity index (χ2n) is 9.36. The Bertz CT molecular complexity index is 870. The maximum atomic E-state index is 13.0. The first kappa shape index (κ1) is 29.8. The predicted octanol–water partition coefficient (Wildman–Crippen LogP) is 6.88. The Morgan fingerprint density at radius 2 is 1.82 bits per heavy atom. The summed E-state index contributed by atoms with van der Waals surface area (Å²) in [6.45, 7) is 13.6. The molecule has 1 rings (SSSR count). The lowest BCUT2D eigenvalue weighted by Crippen LogP contribution is -2.23. The van der Waals surface area contributed by atoms with Crippen LogP contribution in [0.4, 0.5) is 8.78 Å². The van der Waals surface area contributed by atoms with E-state index in [-0.39, 0.29) is 17.8 Å². The molecule has 0 saturated heterocycles. The highest BCUT2D eigenvalue weighted by atomic mass is 31.0. The second-order valence-corrected chi connectivity index (χ2v) is 10.0. The number of aliphatic imine (C=N–C) groups is 1. The molecule has 0 radical (unpaired) electrons. The maximum absolute atomic E-state index is 13.0. The van der Waals surface area contributed by atoms with Crippen molar-refractivity contribution in [2.24, 2.45) is 10.7 Å². The molecule has 0 aromatic heterocycles. The van der Waals surface area contributed by atoms with Crippen molar-refractivity contribution in [1.29, 1.82) is 0 Å². The van der Waals surface area contributed by atoms with Crippen molar-refractivity contribution in [2.45, 2.75) is 90.6 Å². The van der Waals surface area contributed by atoms with Crippen molar-refractivity contribution in [3.05, 3.63) is 48.1 Å². The van der Waals surface area contributed by atoms with Crippen LogP contribution in [0.25, 0.3) is 5.70 Å². The lowest BCUT2D eigenvalue weighted by Gasteiger charge is -2.19. The zero-order valence-corrected chi connectivity index (χ0v) is 22.2. The average molecular weight is 497 g/mol. The molecule has 0 bridgehead atoms. The predicted molar refractivity (Wildman–Crippen MR) is 139 cm³/mol. The van der Waals surface area contributed by atoms with Crippen LogP contribution in [0.3, 0.4) is 0 Å². The summed E-state index contributed by atoms with van der Waals surface area (Å²) < 4.78 is 35.9. The standard InChI is InChI=1S/C26H39F2N2O3P/c1-7-10-20(11-8-9-12-24(31)33-25(4,5)6)30-23(18(2)3)17-22(29)19-13-15-21(16-14-19)32-26(27,28)34/h13-17,20H,2,7-12,29,34H2,1,3-6H3/b22-17-,30-23?. The molecule has 5 nitrogen and oxygen atoms in total. The Kier molecular flexibility index (Phi) is 11.9. The number of hydrogen-bond donors (Lipinski definition) is 1. The van der Waals surface area contributed by atoms with Gasteiger partial charge in [-0.1, -0.05) is 26.3 Å². The lowest BCUT2D eigenvalue weighted by molar-refractivity contribution is -0.154. The van der Waals surface area contributed by atoms with Gasteiger partial charge in [-0.2, -0.15) is 8.78 Å². The molecular weight excluding hydrogens is 457 g/mol. The fourth-order valence-corrected chi connectivity index (χ4v) is 3.36. The number of rotatable bonds is 13. The molecule has 34 heavy (non-hydrogen) atoms. The zero-order chi connectivity index (χ0) is 25.9. The second kappa shape index (κ2) is 13.6. The molecule has 0 aliphatic heterocycles. The monoisotopic (exact) mass is 496 g/mol. The molecule has 0 heterocycles. The van der Waals surface area contributed by atoms with Gasteiger partial charge in [-0.3, -0.25) is 9.79 Å². The lowest BCUT2D eigenvalue weighted by atomic mass is 10.0. The first-order chi connectivity index (χ1) is 15.7. The largest absolute Gasteiger partial charge is 0.460 e. The topological polar surface area (TPSA) is 73.9 Å². The third-order valence-electron chi connectivity index (χ3n) is 4.70. The van der Waals surface area contributed by atoms with Gasteiger partial charge >= 0.3 is 11.8 Å². The smallest absolute Gasteiger partial charge is 0.408 e. The molecule has 0 saturated carbocycles.